The van der Waals surface area contributed by atoms with Crippen LogP contribution >= 0.6 is 0 Å². The Morgan fingerprint density at radius 3 is 2.78 bits per heavy atom. The average Bonchev–Trinajstić information content (AvgIpc) is 1.79. The predicted octanol–water partition coefficient (Wildman–Crippen LogP) is 3.19. The molecule has 0 bridgehead atoms. The summed E-state index contributed by atoms with van der Waals surface area (Å²) in [6, 6.07) is 0. The van der Waals surface area contributed by atoms with E-state index >= 15 is 0 Å². The smallest absolute Gasteiger partial charge is 0.0959 e. The van der Waals surface area contributed by atoms with Gasteiger partial charge in [-0.15, -0.1) is 0 Å². The van der Waals surface area contributed by atoms with Crippen molar-refractivity contribution in [3.05, 3.63) is 11.9 Å². The molecule has 0 aromatic carbocycles. The van der Waals surface area contributed by atoms with Gasteiger partial charge in [0.2, 0.25) is 0 Å². The summed E-state index contributed by atoms with van der Waals surface area (Å²) < 4.78 is 12.5. The van der Waals surface area contributed by atoms with Gasteiger partial charge in [-0.1, -0.05) is 18.9 Å². The van der Waals surface area contributed by atoms with Crippen LogP contribution in [0.3, 0.4) is 0 Å². The lowest BCUT2D eigenvalue weighted by molar-refractivity contribution is 0.526. The van der Waals surface area contributed by atoms with Gasteiger partial charge in [0.25, 0.3) is 0 Å². The van der Waals surface area contributed by atoms with E-state index in [9.17, 15) is 4.39 Å². The second-order valence-corrected chi connectivity index (χ2v) is 2.60. The zero-order valence-corrected chi connectivity index (χ0v) is 5.70. The van der Waals surface area contributed by atoms with E-state index in [4.69, 9.17) is 0 Å². The summed E-state index contributed by atoms with van der Waals surface area (Å²) in [5.74, 6) is 0.106. The summed E-state index contributed by atoms with van der Waals surface area (Å²) >= 11 is 0. The molecular formula is C8H13F. The van der Waals surface area contributed by atoms with Crippen molar-refractivity contribution in [1.82, 2.24) is 0 Å². The zero-order chi connectivity index (χ0) is 6.53. The molecule has 0 saturated carbocycles. The highest BCUT2D eigenvalue weighted by molar-refractivity contribution is 4.92. The Morgan fingerprint density at radius 1 is 1.11 bits per heavy atom. The highest BCUT2D eigenvalue weighted by Gasteiger charge is 1.98. The number of rotatable bonds is 0. The van der Waals surface area contributed by atoms with Crippen LogP contribution < -0.4 is 0 Å². The Hall–Kier alpha value is -0.330. The normalized spacial score (nSPS) is 22.1. The van der Waals surface area contributed by atoms with Crippen LogP contribution in [0.2, 0.25) is 0 Å². The van der Waals surface area contributed by atoms with Crippen molar-refractivity contribution in [1.29, 1.82) is 0 Å². The van der Waals surface area contributed by atoms with Crippen LogP contribution in [0.25, 0.3) is 0 Å². The molecule has 1 aliphatic rings. The van der Waals surface area contributed by atoms with E-state index in [-0.39, 0.29) is 5.83 Å². The van der Waals surface area contributed by atoms with E-state index in [0.717, 1.165) is 12.8 Å². The van der Waals surface area contributed by atoms with Crippen molar-refractivity contribution >= 4 is 0 Å². The van der Waals surface area contributed by atoms with E-state index in [1.165, 1.54) is 19.3 Å². The standard InChI is InChI=1S/C8H13F/c9-8-6-4-2-1-3-5-7-8/h6H,1-5,7H2. The molecule has 0 fully saturated rings. The maximum absolute atomic E-state index is 12.5. The van der Waals surface area contributed by atoms with Crippen LogP contribution in [0.5, 0.6) is 0 Å². The van der Waals surface area contributed by atoms with Gasteiger partial charge in [-0.3, -0.25) is 0 Å². The number of allylic oxidation sites excluding steroid dienone is 2. The first-order chi connectivity index (χ1) is 4.39. The van der Waals surface area contributed by atoms with Crippen molar-refractivity contribution in [3.63, 3.8) is 0 Å². The monoisotopic (exact) mass is 128 g/mol. The maximum Gasteiger partial charge on any atom is 0.0959 e. The summed E-state index contributed by atoms with van der Waals surface area (Å²) in [6.07, 6.45) is 8.08. The van der Waals surface area contributed by atoms with Gasteiger partial charge in [-0.25, -0.2) is 4.39 Å². The van der Waals surface area contributed by atoms with Crippen LogP contribution in [0.4, 0.5) is 4.39 Å². The lowest BCUT2D eigenvalue weighted by Crippen LogP contribution is -1.84. The van der Waals surface area contributed by atoms with Gasteiger partial charge >= 0.3 is 0 Å². The summed E-state index contributed by atoms with van der Waals surface area (Å²) in [4.78, 5) is 0. The van der Waals surface area contributed by atoms with Crippen molar-refractivity contribution in [2.75, 3.05) is 0 Å². The van der Waals surface area contributed by atoms with E-state index in [1.807, 2.05) is 0 Å². The molecule has 0 nitrogen and oxygen atoms in total. The minimum absolute atomic E-state index is 0.106. The Morgan fingerprint density at radius 2 is 1.89 bits per heavy atom. The van der Waals surface area contributed by atoms with Crippen molar-refractivity contribution in [3.8, 4) is 0 Å². The number of hydrogen-bond donors (Lipinski definition) is 0. The molecule has 0 aromatic heterocycles. The average molecular weight is 128 g/mol. The summed E-state index contributed by atoms with van der Waals surface area (Å²) in [5.41, 5.74) is 0. The molecule has 0 N–H and O–H groups in total. The maximum atomic E-state index is 12.5. The van der Waals surface area contributed by atoms with Gasteiger partial charge in [0.15, 0.2) is 0 Å². The molecule has 52 valence electrons. The molecule has 0 heterocycles. The quantitative estimate of drug-likeness (QED) is 0.470. The summed E-state index contributed by atoms with van der Waals surface area (Å²) in [5, 5.41) is 0. The largest absolute Gasteiger partial charge is 0.212 e. The fraction of sp³-hybridized carbons (Fsp3) is 0.750. The van der Waals surface area contributed by atoms with Crippen LogP contribution in [0.15, 0.2) is 11.9 Å². The molecule has 9 heavy (non-hydrogen) atoms. The number of halogens is 1. The Balaban J connectivity index is 2.32. The topological polar surface area (TPSA) is 0 Å². The fourth-order valence-electron chi connectivity index (χ4n) is 1.15. The SMILES string of the molecule is FC1=CCCCCCC1. The van der Waals surface area contributed by atoms with Crippen LogP contribution in [-0.2, 0) is 0 Å². The molecule has 0 spiro atoms. The van der Waals surface area contributed by atoms with Gasteiger partial charge < -0.3 is 0 Å². The Bertz CT molecular complexity index is 105. The highest BCUT2D eigenvalue weighted by Crippen LogP contribution is 2.16. The predicted molar refractivity (Wildman–Crippen MR) is 36.9 cm³/mol. The molecule has 0 saturated heterocycles. The Kier molecular flexibility index (Phi) is 2.75. The third kappa shape index (κ3) is 2.64. The summed E-state index contributed by atoms with van der Waals surface area (Å²) in [7, 11) is 0. The van der Waals surface area contributed by atoms with Crippen LogP contribution in [0.1, 0.15) is 38.5 Å². The van der Waals surface area contributed by atoms with Crippen molar-refractivity contribution < 1.29 is 4.39 Å². The molecule has 0 aromatic rings. The zero-order valence-electron chi connectivity index (χ0n) is 5.70. The lowest BCUT2D eigenvalue weighted by Gasteiger charge is -2.03. The second-order valence-electron chi connectivity index (χ2n) is 2.60. The molecule has 0 unspecified atom stereocenters. The van der Waals surface area contributed by atoms with Gasteiger partial charge in [-0.05, 0) is 25.7 Å². The molecule has 1 heteroatoms. The first kappa shape index (κ1) is 6.79. The van der Waals surface area contributed by atoms with Crippen LogP contribution in [-0.4, -0.2) is 0 Å². The van der Waals surface area contributed by atoms with Crippen LogP contribution in [0, 0.1) is 0 Å². The van der Waals surface area contributed by atoms with Crippen molar-refractivity contribution in [2.24, 2.45) is 0 Å². The van der Waals surface area contributed by atoms with E-state index < -0.39 is 0 Å². The van der Waals surface area contributed by atoms with Crippen molar-refractivity contribution in [2.45, 2.75) is 38.5 Å². The minimum Gasteiger partial charge on any atom is -0.212 e. The first-order valence-electron chi connectivity index (χ1n) is 3.74. The third-order valence-electron chi connectivity index (χ3n) is 1.74. The van der Waals surface area contributed by atoms with E-state index in [0.29, 0.717) is 6.42 Å². The minimum atomic E-state index is 0.106. The lowest BCUT2D eigenvalue weighted by atomic mass is 10.1. The van der Waals surface area contributed by atoms with Gasteiger partial charge in [0.05, 0.1) is 5.83 Å². The molecule has 0 amide bonds. The van der Waals surface area contributed by atoms with Gasteiger partial charge in [-0.2, -0.15) is 0 Å². The highest BCUT2D eigenvalue weighted by atomic mass is 19.1. The van der Waals surface area contributed by atoms with E-state index in [1.54, 1.807) is 6.08 Å². The third-order valence-corrected chi connectivity index (χ3v) is 1.74. The van der Waals surface area contributed by atoms with Gasteiger partial charge in [0.1, 0.15) is 0 Å². The number of hydrogen-bond acceptors (Lipinski definition) is 0. The van der Waals surface area contributed by atoms with Gasteiger partial charge in [0, 0.05) is 0 Å². The summed E-state index contributed by atoms with van der Waals surface area (Å²) in [6.45, 7) is 0. The molecule has 0 atom stereocenters. The molecular weight excluding hydrogens is 115 g/mol. The second kappa shape index (κ2) is 3.65. The molecule has 0 radical (unpaired) electrons. The Labute approximate surface area is 55.8 Å². The molecule has 1 aliphatic carbocycles. The molecule has 0 aliphatic heterocycles. The first-order valence-corrected chi connectivity index (χ1v) is 3.74. The molecule has 1 rings (SSSR count). The fourth-order valence-corrected chi connectivity index (χ4v) is 1.15. The van der Waals surface area contributed by atoms with E-state index in [2.05, 4.69) is 0 Å².